The van der Waals surface area contributed by atoms with Gasteiger partial charge in [0.15, 0.2) is 5.16 Å². The third-order valence-electron chi connectivity index (χ3n) is 4.49. The summed E-state index contributed by atoms with van der Waals surface area (Å²) < 4.78 is 25.5. The van der Waals surface area contributed by atoms with Crippen LogP contribution in [0.4, 0.5) is 0 Å². The van der Waals surface area contributed by atoms with Gasteiger partial charge in [0.25, 0.3) is 5.91 Å². The monoisotopic (exact) mass is 445 g/mol. The zero-order valence-electron chi connectivity index (χ0n) is 16.9. The molecule has 10 heteroatoms. The number of rotatable bonds is 8. The highest BCUT2D eigenvalue weighted by atomic mass is 32.2. The van der Waals surface area contributed by atoms with Crippen molar-refractivity contribution in [1.82, 2.24) is 24.8 Å². The fourth-order valence-corrected chi connectivity index (χ4v) is 4.31. The molecular weight excluding hydrogens is 422 g/mol. The Bertz CT molecular complexity index is 1080. The van der Waals surface area contributed by atoms with E-state index in [1.165, 1.54) is 36.5 Å². The Kier molecular flexibility index (Phi) is 6.91. The van der Waals surface area contributed by atoms with Crippen molar-refractivity contribution in [3.05, 3.63) is 71.5 Å². The molecule has 2 N–H and O–H groups in total. The molecule has 0 aliphatic rings. The average Bonchev–Trinajstić information content (AvgIpc) is 3.26. The van der Waals surface area contributed by atoms with Crippen molar-refractivity contribution < 1.29 is 13.2 Å². The van der Waals surface area contributed by atoms with Crippen LogP contribution in [0.1, 0.15) is 34.5 Å². The van der Waals surface area contributed by atoms with Crippen LogP contribution in [-0.4, -0.2) is 47.9 Å². The van der Waals surface area contributed by atoms with Crippen molar-refractivity contribution in [3.8, 4) is 0 Å². The SMILES string of the molecule is CC(NC(=O)c1ccc(CSc2ncn[nH]2)cc1)c1ccc(S(=O)(=O)N(C)C)cc1. The van der Waals surface area contributed by atoms with Gasteiger partial charge >= 0.3 is 0 Å². The van der Waals surface area contributed by atoms with E-state index in [-0.39, 0.29) is 16.8 Å². The topological polar surface area (TPSA) is 108 Å². The number of thioether (sulfide) groups is 1. The van der Waals surface area contributed by atoms with Crippen molar-refractivity contribution in [2.24, 2.45) is 0 Å². The summed E-state index contributed by atoms with van der Waals surface area (Å²) in [6, 6.07) is 13.6. The first-order valence-corrected chi connectivity index (χ1v) is 11.6. The molecule has 1 atom stereocenters. The molecule has 0 saturated heterocycles. The lowest BCUT2D eigenvalue weighted by molar-refractivity contribution is 0.0940. The minimum absolute atomic E-state index is 0.193. The fourth-order valence-electron chi connectivity index (χ4n) is 2.67. The maximum Gasteiger partial charge on any atom is 0.251 e. The van der Waals surface area contributed by atoms with Crippen LogP contribution in [0.3, 0.4) is 0 Å². The summed E-state index contributed by atoms with van der Waals surface area (Å²) in [6.45, 7) is 1.86. The predicted octanol–water partition coefficient (Wildman–Crippen LogP) is 2.84. The van der Waals surface area contributed by atoms with Crippen molar-refractivity contribution in [1.29, 1.82) is 0 Å². The smallest absolute Gasteiger partial charge is 0.251 e. The van der Waals surface area contributed by atoms with Crippen LogP contribution in [0, 0.1) is 0 Å². The number of hydrogen-bond acceptors (Lipinski definition) is 6. The summed E-state index contributed by atoms with van der Waals surface area (Å²) in [7, 11) is -0.493. The first kappa shape index (κ1) is 22.0. The number of hydrogen-bond donors (Lipinski definition) is 2. The largest absolute Gasteiger partial charge is 0.346 e. The van der Waals surface area contributed by atoms with E-state index in [2.05, 4.69) is 20.5 Å². The van der Waals surface area contributed by atoms with Gasteiger partial charge in [-0.3, -0.25) is 9.89 Å². The van der Waals surface area contributed by atoms with E-state index in [9.17, 15) is 13.2 Å². The van der Waals surface area contributed by atoms with Crippen molar-refractivity contribution in [2.45, 2.75) is 28.8 Å². The Morgan fingerprint density at radius 1 is 1.13 bits per heavy atom. The molecule has 3 aromatic rings. The highest BCUT2D eigenvalue weighted by Crippen LogP contribution is 2.20. The van der Waals surface area contributed by atoms with Gasteiger partial charge in [0.2, 0.25) is 10.0 Å². The van der Waals surface area contributed by atoms with Crippen LogP contribution in [0.2, 0.25) is 0 Å². The molecule has 1 amide bonds. The molecule has 1 heterocycles. The molecule has 0 bridgehead atoms. The molecule has 0 spiro atoms. The van der Waals surface area contributed by atoms with Crippen LogP contribution >= 0.6 is 11.8 Å². The summed E-state index contributed by atoms with van der Waals surface area (Å²) in [5.41, 5.74) is 2.45. The molecule has 1 aromatic heterocycles. The van der Waals surface area contributed by atoms with E-state index in [1.54, 1.807) is 36.4 Å². The Morgan fingerprint density at radius 2 is 1.80 bits per heavy atom. The summed E-state index contributed by atoms with van der Waals surface area (Å²) >= 11 is 1.53. The van der Waals surface area contributed by atoms with Gasteiger partial charge in [-0.25, -0.2) is 17.7 Å². The second kappa shape index (κ2) is 9.41. The molecule has 0 fully saturated rings. The fraction of sp³-hybridized carbons (Fsp3) is 0.250. The lowest BCUT2D eigenvalue weighted by Gasteiger charge is -2.16. The third-order valence-corrected chi connectivity index (χ3v) is 7.27. The van der Waals surface area contributed by atoms with Gasteiger partial charge in [-0.15, -0.1) is 0 Å². The van der Waals surface area contributed by atoms with Gasteiger partial charge in [-0.05, 0) is 42.3 Å². The van der Waals surface area contributed by atoms with Gasteiger partial charge in [-0.1, -0.05) is 36.0 Å². The Hall–Kier alpha value is -2.69. The van der Waals surface area contributed by atoms with Crippen molar-refractivity contribution in [2.75, 3.05) is 14.1 Å². The number of H-pyrrole nitrogens is 1. The number of amides is 1. The molecule has 1 unspecified atom stereocenters. The van der Waals surface area contributed by atoms with Crippen LogP contribution < -0.4 is 5.32 Å². The Balaban J connectivity index is 1.59. The number of aromatic nitrogens is 3. The summed E-state index contributed by atoms with van der Waals surface area (Å²) in [6.07, 6.45) is 1.46. The molecule has 2 aromatic carbocycles. The number of aromatic amines is 1. The number of carbonyl (C=O) groups is 1. The molecule has 3 rings (SSSR count). The second-order valence-electron chi connectivity index (χ2n) is 6.83. The molecule has 0 aliphatic heterocycles. The maximum atomic E-state index is 12.6. The normalized spacial score (nSPS) is 12.7. The number of nitrogens with zero attached hydrogens (tertiary/aromatic N) is 3. The molecular formula is C20H23N5O3S2. The van der Waals surface area contributed by atoms with E-state index in [4.69, 9.17) is 0 Å². The van der Waals surface area contributed by atoms with Crippen molar-refractivity contribution in [3.63, 3.8) is 0 Å². The third kappa shape index (κ3) is 5.26. The second-order valence-corrected chi connectivity index (χ2v) is 9.94. The highest BCUT2D eigenvalue weighted by molar-refractivity contribution is 7.98. The molecule has 8 nitrogen and oxygen atoms in total. The quantitative estimate of drug-likeness (QED) is 0.516. The maximum absolute atomic E-state index is 12.6. The standard InChI is InChI=1S/C20H23N5O3S2/c1-14(16-8-10-18(11-9-16)30(27,28)25(2)3)23-19(26)17-6-4-15(5-7-17)12-29-20-21-13-22-24-20/h4-11,13-14H,12H2,1-3H3,(H,23,26)(H,21,22,24). The predicted molar refractivity (Wildman–Crippen MR) is 116 cm³/mol. The number of carbonyl (C=O) groups excluding carboxylic acids is 1. The van der Waals surface area contributed by atoms with Gasteiger partial charge in [0, 0.05) is 25.4 Å². The van der Waals surface area contributed by atoms with Gasteiger partial charge in [-0.2, -0.15) is 5.10 Å². The molecule has 0 saturated carbocycles. The summed E-state index contributed by atoms with van der Waals surface area (Å²) in [5.74, 6) is 0.525. The lowest BCUT2D eigenvalue weighted by Crippen LogP contribution is -2.26. The minimum Gasteiger partial charge on any atom is -0.346 e. The summed E-state index contributed by atoms with van der Waals surface area (Å²) in [5, 5.41) is 10.3. The minimum atomic E-state index is -3.47. The van der Waals surface area contributed by atoms with E-state index >= 15 is 0 Å². The first-order valence-electron chi connectivity index (χ1n) is 9.18. The average molecular weight is 446 g/mol. The van der Waals surface area contributed by atoms with E-state index < -0.39 is 10.0 Å². The number of sulfonamides is 1. The van der Waals surface area contributed by atoms with Gasteiger partial charge in [0.1, 0.15) is 6.33 Å². The Labute approximate surface area is 180 Å². The molecule has 158 valence electrons. The van der Waals surface area contributed by atoms with Gasteiger partial charge < -0.3 is 5.32 Å². The van der Waals surface area contributed by atoms with E-state index in [1.807, 2.05) is 19.1 Å². The first-order chi connectivity index (χ1) is 14.3. The number of nitrogens with one attached hydrogen (secondary N) is 2. The van der Waals surface area contributed by atoms with Crippen LogP contribution in [0.15, 0.2) is 64.9 Å². The van der Waals surface area contributed by atoms with E-state index in [0.29, 0.717) is 5.56 Å². The molecule has 30 heavy (non-hydrogen) atoms. The van der Waals surface area contributed by atoms with E-state index in [0.717, 1.165) is 22.0 Å². The van der Waals surface area contributed by atoms with Gasteiger partial charge in [0.05, 0.1) is 10.9 Å². The highest BCUT2D eigenvalue weighted by Gasteiger charge is 2.18. The zero-order valence-corrected chi connectivity index (χ0v) is 18.5. The van der Waals surface area contributed by atoms with Crippen LogP contribution in [-0.2, 0) is 15.8 Å². The molecule has 0 aliphatic carbocycles. The van der Waals surface area contributed by atoms with Crippen molar-refractivity contribution >= 4 is 27.7 Å². The zero-order chi connectivity index (χ0) is 21.7. The number of benzene rings is 2. The van der Waals surface area contributed by atoms with Crippen LogP contribution in [0.25, 0.3) is 0 Å². The lowest BCUT2D eigenvalue weighted by atomic mass is 10.1. The summed E-state index contributed by atoms with van der Waals surface area (Å²) in [4.78, 5) is 16.8. The van der Waals surface area contributed by atoms with Crippen LogP contribution in [0.5, 0.6) is 0 Å². The molecule has 0 radical (unpaired) electrons. The Morgan fingerprint density at radius 3 is 2.37 bits per heavy atom.